The van der Waals surface area contributed by atoms with Crippen molar-refractivity contribution in [2.24, 2.45) is 0 Å². The Morgan fingerprint density at radius 2 is 1.45 bits per heavy atom. The molecule has 0 heterocycles. The van der Waals surface area contributed by atoms with Gasteiger partial charge in [0.1, 0.15) is 5.69 Å². The molecular formula is C8H9F2N. The standard InChI is InChI=1S/C8H9F2N/c1-4-3-5(2)7(10)8(11)6(4)9/h3H,11H2,1-2H3. The molecule has 0 aliphatic rings. The Morgan fingerprint density at radius 1 is 1.09 bits per heavy atom. The summed E-state index contributed by atoms with van der Waals surface area (Å²) in [7, 11) is 0. The van der Waals surface area contributed by atoms with Gasteiger partial charge in [0.25, 0.3) is 0 Å². The number of rotatable bonds is 0. The van der Waals surface area contributed by atoms with E-state index in [0.29, 0.717) is 11.1 Å². The zero-order chi connectivity index (χ0) is 8.59. The smallest absolute Gasteiger partial charge is 0.152 e. The highest BCUT2D eigenvalue weighted by molar-refractivity contribution is 5.47. The van der Waals surface area contributed by atoms with Crippen LogP contribution in [0.3, 0.4) is 0 Å². The summed E-state index contributed by atoms with van der Waals surface area (Å²) in [6, 6.07) is 1.43. The molecule has 1 nitrogen and oxygen atoms in total. The monoisotopic (exact) mass is 157 g/mol. The highest BCUT2D eigenvalue weighted by atomic mass is 19.1. The fourth-order valence-electron chi connectivity index (χ4n) is 0.973. The van der Waals surface area contributed by atoms with Crippen molar-refractivity contribution < 1.29 is 8.78 Å². The third-order valence-corrected chi connectivity index (χ3v) is 1.60. The number of nitrogens with two attached hydrogens (primary N) is 1. The Balaban J connectivity index is 3.46. The summed E-state index contributed by atoms with van der Waals surface area (Å²) in [5.74, 6) is -1.32. The molecule has 0 aliphatic carbocycles. The van der Waals surface area contributed by atoms with Gasteiger partial charge in [0, 0.05) is 0 Å². The van der Waals surface area contributed by atoms with Crippen LogP contribution in [0.15, 0.2) is 6.07 Å². The minimum absolute atomic E-state index is 0.376. The van der Waals surface area contributed by atoms with Gasteiger partial charge in [-0.1, -0.05) is 6.07 Å². The Labute approximate surface area is 63.8 Å². The second kappa shape index (κ2) is 2.49. The lowest BCUT2D eigenvalue weighted by Gasteiger charge is -2.04. The number of benzene rings is 1. The topological polar surface area (TPSA) is 26.0 Å². The third-order valence-electron chi connectivity index (χ3n) is 1.60. The van der Waals surface area contributed by atoms with Gasteiger partial charge in [0.15, 0.2) is 11.6 Å². The molecule has 11 heavy (non-hydrogen) atoms. The number of aryl methyl sites for hydroxylation is 2. The fraction of sp³-hybridized carbons (Fsp3) is 0.250. The molecule has 1 aromatic carbocycles. The van der Waals surface area contributed by atoms with Crippen LogP contribution in [0.1, 0.15) is 11.1 Å². The average Bonchev–Trinajstić information content (AvgIpc) is 1.97. The molecule has 0 spiro atoms. The number of hydrogen-bond acceptors (Lipinski definition) is 1. The molecule has 0 fully saturated rings. The van der Waals surface area contributed by atoms with Gasteiger partial charge in [-0.05, 0) is 25.0 Å². The van der Waals surface area contributed by atoms with Crippen LogP contribution in [0, 0.1) is 25.5 Å². The van der Waals surface area contributed by atoms with Crippen molar-refractivity contribution in [2.45, 2.75) is 13.8 Å². The highest BCUT2D eigenvalue weighted by Crippen LogP contribution is 2.21. The molecule has 0 saturated heterocycles. The lowest BCUT2D eigenvalue weighted by Crippen LogP contribution is -1.99. The molecule has 0 radical (unpaired) electrons. The number of halogens is 2. The van der Waals surface area contributed by atoms with Crippen LogP contribution in [0.5, 0.6) is 0 Å². The molecule has 3 heteroatoms. The molecule has 1 aromatic rings. The third kappa shape index (κ3) is 1.18. The summed E-state index contributed by atoms with van der Waals surface area (Å²) >= 11 is 0. The van der Waals surface area contributed by atoms with E-state index in [1.165, 1.54) is 6.07 Å². The number of anilines is 1. The Bertz CT molecular complexity index is 268. The summed E-state index contributed by atoms with van der Waals surface area (Å²) in [6.45, 7) is 3.11. The quantitative estimate of drug-likeness (QED) is 0.574. The first-order chi connectivity index (χ1) is 5.04. The fourth-order valence-corrected chi connectivity index (χ4v) is 0.973. The van der Waals surface area contributed by atoms with Crippen molar-refractivity contribution in [3.8, 4) is 0 Å². The van der Waals surface area contributed by atoms with E-state index in [4.69, 9.17) is 5.73 Å². The zero-order valence-electron chi connectivity index (χ0n) is 6.41. The summed E-state index contributed by atoms with van der Waals surface area (Å²) in [5.41, 5.74) is 5.50. The number of nitrogen functional groups attached to an aromatic ring is 1. The van der Waals surface area contributed by atoms with E-state index < -0.39 is 11.6 Å². The molecule has 0 aliphatic heterocycles. The van der Waals surface area contributed by atoms with E-state index in [1.54, 1.807) is 13.8 Å². The van der Waals surface area contributed by atoms with Crippen molar-refractivity contribution in [3.63, 3.8) is 0 Å². The van der Waals surface area contributed by atoms with Gasteiger partial charge in [-0.15, -0.1) is 0 Å². The van der Waals surface area contributed by atoms with Gasteiger partial charge in [0.2, 0.25) is 0 Å². The largest absolute Gasteiger partial charge is 0.394 e. The van der Waals surface area contributed by atoms with Crippen LogP contribution >= 0.6 is 0 Å². The van der Waals surface area contributed by atoms with E-state index in [2.05, 4.69) is 0 Å². The zero-order valence-corrected chi connectivity index (χ0v) is 6.41. The summed E-state index contributed by atoms with van der Waals surface area (Å²) in [4.78, 5) is 0. The number of hydrogen-bond donors (Lipinski definition) is 1. The molecular weight excluding hydrogens is 148 g/mol. The summed E-state index contributed by atoms with van der Waals surface area (Å²) in [6.07, 6.45) is 0. The predicted octanol–water partition coefficient (Wildman–Crippen LogP) is 2.16. The van der Waals surface area contributed by atoms with Crippen molar-refractivity contribution in [3.05, 3.63) is 28.8 Å². The Morgan fingerprint density at radius 3 is 1.82 bits per heavy atom. The van der Waals surface area contributed by atoms with E-state index in [-0.39, 0.29) is 5.69 Å². The van der Waals surface area contributed by atoms with Gasteiger partial charge in [-0.2, -0.15) is 0 Å². The van der Waals surface area contributed by atoms with Crippen LogP contribution in [-0.4, -0.2) is 0 Å². The van der Waals surface area contributed by atoms with Gasteiger partial charge in [-0.25, -0.2) is 8.78 Å². The summed E-state index contributed by atoms with van der Waals surface area (Å²) in [5, 5.41) is 0. The molecule has 0 unspecified atom stereocenters. The summed E-state index contributed by atoms with van der Waals surface area (Å²) < 4.78 is 25.6. The van der Waals surface area contributed by atoms with E-state index in [9.17, 15) is 8.78 Å². The van der Waals surface area contributed by atoms with Crippen molar-refractivity contribution >= 4 is 5.69 Å². The lowest BCUT2D eigenvalue weighted by molar-refractivity contribution is 0.580. The lowest BCUT2D eigenvalue weighted by atomic mass is 10.1. The first kappa shape index (κ1) is 7.98. The molecule has 60 valence electrons. The SMILES string of the molecule is Cc1cc(C)c(F)c(N)c1F. The van der Waals surface area contributed by atoms with Crippen molar-refractivity contribution in [2.75, 3.05) is 5.73 Å². The van der Waals surface area contributed by atoms with Crippen molar-refractivity contribution in [1.29, 1.82) is 0 Å². The average molecular weight is 157 g/mol. The second-order valence-corrected chi connectivity index (χ2v) is 2.55. The van der Waals surface area contributed by atoms with E-state index in [1.807, 2.05) is 0 Å². The van der Waals surface area contributed by atoms with Gasteiger partial charge >= 0.3 is 0 Å². The first-order valence-electron chi connectivity index (χ1n) is 3.24. The highest BCUT2D eigenvalue weighted by Gasteiger charge is 2.10. The molecule has 1 rings (SSSR count). The molecule has 0 bridgehead atoms. The van der Waals surface area contributed by atoms with Crippen LogP contribution in [0.25, 0.3) is 0 Å². The normalized spacial score (nSPS) is 10.2. The van der Waals surface area contributed by atoms with Crippen LogP contribution in [0.2, 0.25) is 0 Å². The minimum atomic E-state index is -0.659. The van der Waals surface area contributed by atoms with Gasteiger partial charge in [-0.3, -0.25) is 0 Å². The Hall–Kier alpha value is -1.12. The van der Waals surface area contributed by atoms with Gasteiger partial charge in [0.05, 0.1) is 0 Å². The van der Waals surface area contributed by atoms with Crippen molar-refractivity contribution in [1.82, 2.24) is 0 Å². The maximum atomic E-state index is 12.8. The van der Waals surface area contributed by atoms with Crippen LogP contribution in [0.4, 0.5) is 14.5 Å². The minimum Gasteiger partial charge on any atom is -0.394 e. The second-order valence-electron chi connectivity index (χ2n) is 2.55. The van der Waals surface area contributed by atoms with Crippen LogP contribution in [-0.2, 0) is 0 Å². The van der Waals surface area contributed by atoms with Gasteiger partial charge < -0.3 is 5.73 Å². The first-order valence-corrected chi connectivity index (χ1v) is 3.24. The van der Waals surface area contributed by atoms with E-state index in [0.717, 1.165) is 0 Å². The predicted molar refractivity (Wildman–Crippen MR) is 40.2 cm³/mol. The van der Waals surface area contributed by atoms with Crippen LogP contribution < -0.4 is 5.73 Å². The molecule has 2 N–H and O–H groups in total. The maximum Gasteiger partial charge on any atom is 0.152 e. The maximum absolute atomic E-state index is 12.8. The molecule has 0 aromatic heterocycles. The Kier molecular flexibility index (Phi) is 1.81. The molecule has 0 amide bonds. The van der Waals surface area contributed by atoms with E-state index >= 15 is 0 Å². The molecule has 0 saturated carbocycles. The molecule has 0 atom stereocenters.